The zero-order valence-corrected chi connectivity index (χ0v) is 13.1. The second-order valence-electron chi connectivity index (χ2n) is 5.34. The Kier molecular flexibility index (Phi) is 4.01. The molecule has 0 saturated heterocycles. The highest BCUT2D eigenvalue weighted by atomic mass is 32.2. The van der Waals surface area contributed by atoms with Crippen molar-refractivity contribution in [3.63, 3.8) is 0 Å². The third kappa shape index (κ3) is 2.83. The molecule has 110 valence electrons. The monoisotopic (exact) mass is 301 g/mol. The number of rotatable bonds is 2. The Bertz CT molecular complexity index is 626. The summed E-state index contributed by atoms with van der Waals surface area (Å²) in [5, 5.41) is 4.71. The highest BCUT2D eigenvalue weighted by Gasteiger charge is 2.28. The van der Waals surface area contributed by atoms with Crippen molar-refractivity contribution in [3.05, 3.63) is 42.7 Å². The lowest BCUT2D eigenvalue weighted by molar-refractivity contribution is -0.121. The molecule has 1 aromatic carbocycles. The van der Waals surface area contributed by atoms with Gasteiger partial charge in [0.15, 0.2) is 0 Å². The van der Waals surface area contributed by atoms with Crippen molar-refractivity contribution in [3.8, 4) is 0 Å². The summed E-state index contributed by atoms with van der Waals surface area (Å²) < 4.78 is 1.71. The lowest BCUT2D eigenvalue weighted by Crippen LogP contribution is -2.37. The number of fused-ring (bicyclic) bond motifs is 1. The van der Waals surface area contributed by atoms with E-state index in [0.29, 0.717) is 5.25 Å². The van der Waals surface area contributed by atoms with Crippen molar-refractivity contribution >= 4 is 23.4 Å². The number of hydrogen-bond acceptors (Lipinski definition) is 3. The Morgan fingerprint density at radius 1 is 1.38 bits per heavy atom. The van der Waals surface area contributed by atoms with Gasteiger partial charge in [0.05, 0.1) is 5.69 Å². The molecule has 0 radical (unpaired) electrons. The molecule has 1 aromatic heterocycles. The quantitative estimate of drug-likeness (QED) is 0.853. The summed E-state index contributed by atoms with van der Waals surface area (Å²) in [6.45, 7) is 4.88. The summed E-state index contributed by atoms with van der Waals surface area (Å²) in [5.41, 5.74) is 1.02. The molecule has 0 spiro atoms. The van der Waals surface area contributed by atoms with Crippen LogP contribution in [0.2, 0.25) is 0 Å². The summed E-state index contributed by atoms with van der Waals surface area (Å²) >= 11 is 1.85. The van der Waals surface area contributed by atoms with Crippen LogP contribution in [-0.2, 0) is 4.79 Å². The van der Waals surface area contributed by atoms with Crippen molar-refractivity contribution in [2.24, 2.45) is 0 Å². The maximum atomic E-state index is 12.9. The lowest BCUT2D eigenvalue weighted by atomic mass is 10.2. The Hall–Kier alpha value is -1.75. The van der Waals surface area contributed by atoms with Gasteiger partial charge < -0.3 is 4.90 Å². The van der Waals surface area contributed by atoms with Crippen LogP contribution in [0.25, 0.3) is 0 Å². The maximum Gasteiger partial charge on any atom is 0.251 e. The summed E-state index contributed by atoms with van der Waals surface area (Å²) in [6.07, 6.45) is 4.54. The minimum Gasteiger partial charge on any atom is -0.309 e. The molecule has 0 fully saturated rings. The van der Waals surface area contributed by atoms with E-state index in [1.54, 1.807) is 10.9 Å². The Morgan fingerprint density at radius 3 is 2.95 bits per heavy atom. The van der Waals surface area contributed by atoms with Crippen LogP contribution in [0, 0.1) is 0 Å². The standard InChI is InChI=1S/C16H19N3OS/c1-12-8-11-18(14-6-3-4-7-15(14)21-12)16(20)13(2)19-10-5-9-17-19/h3-7,9-10,12-13H,8,11H2,1-2H3. The number of para-hydroxylation sites is 1. The van der Waals surface area contributed by atoms with Crippen LogP contribution in [0.15, 0.2) is 47.6 Å². The number of benzene rings is 1. The normalized spacial score (nSPS) is 19.7. The highest BCUT2D eigenvalue weighted by molar-refractivity contribution is 8.00. The number of thioether (sulfide) groups is 1. The molecule has 2 atom stereocenters. The van der Waals surface area contributed by atoms with Gasteiger partial charge in [0.25, 0.3) is 5.91 Å². The van der Waals surface area contributed by atoms with Crippen LogP contribution in [0.4, 0.5) is 5.69 Å². The first-order chi connectivity index (χ1) is 10.2. The van der Waals surface area contributed by atoms with Gasteiger partial charge in [-0.25, -0.2) is 0 Å². The highest BCUT2D eigenvalue weighted by Crippen LogP contribution is 2.37. The third-order valence-electron chi connectivity index (χ3n) is 3.79. The topological polar surface area (TPSA) is 38.1 Å². The van der Waals surface area contributed by atoms with Crippen molar-refractivity contribution in [1.29, 1.82) is 0 Å². The van der Waals surface area contributed by atoms with Gasteiger partial charge in [-0.2, -0.15) is 5.10 Å². The van der Waals surface area contributed by atoms with Crippen molar-refractivity contribution in [1.82, 2.24) is 9.78 Å². The molecule has 0 bridgehead atoms. The first-order valence-electron chi connectivity index (χ1n) is 7.23. The SMILES string of the molecule is CC1CCN(C(=O)C(C)n2cccn2)c2ccccc2S1. The Morgan fingerprint density at radius 2 is 2.19 bits per heavy atom. The van der Waals surface area contributed by atoms with Gasteiger partial charge in [0, 0.05) is 29.1 Å². The van der Waals surface area contributed by atoms with Crippen molar-refractivity contribution in [2.45, 2.75) is 36.5 Å². The number of anilines is 1. The van der Waals surface area contributed by atoms with Gasteiger partial charge in [0.1, 0.15) is 6.04 Å². The molecule has 0 N–H and O–H groups in total. The van der Waals surface area contributed by atoms with Gasteiger partial charge in [-0.05, 0) is 31.5 Å². The predicted octanol–water partition coefficient (Wildman–Crippen LogP) is 3.36. The first kappa shape index (κ1) is 14.2. The number of aromatic nitrogens is 2. The minimum atomic E-state index is -0.286. The van der Waals surface area contributed by atoms with Gasteiger partial charge in [-0.3, -0.25) is 9.48 Å². The number of carbonyl (C=O) groups is 1. The molecule has 2 heterocycles. The molecule has 1 aliphatic heterocycles. The Balaban J connectivity index is 1.92. The van der Waals surface area contributed by atoms with E-state index in [4.69, 9.17) is 0 Å². The average molecular weight is 301 g/mol. The smallest absolute Gasteiger partial charge is 0.251 e. The molecule has 1 amide bonds. The van der Waals surface area contributed by atoms with E-state index >= 15 is 0 Å². The maximum absolute atomic E-state index is 12.9. The third-order valence-corrected chi connectivity index (χ3v) is 5.03. The number of amides is 1. The molecule has 5 heteroatoms. The van der Waals surface area contributed by atoms with E-state index in [-0.39, 0.29) is 11.9 Å². The second-order valence-corrected chi connectivity index (χ2v) is 6.82. The largest absolute Gasteiger partial charge is 0.309 e. The average Bonchev–Trinajstić information content (AvgIpc) is 2.96. The summed E-state index contributed by atoms with van der Waals surface area (Å²) in [6, 6.07) is 9.72. The van der Waals surface area contributed by atoms with Crippen LogP contribution >= 0.6 is 11.8 Å². The molecule has 4 nitrogen and oxygen atoms in total. The zero-order chi connectivity index (χ0) is 14.8. The molecule has 0 aliphatic carbocycles. The van der Waals surface area contributed by atoms with Crippen LogP contribution in [0.1, 0.15) is 26.3 Å². The van der Waals surface area contributed by atoms with E-state index in [0.717, 1.165) is 18.7 Å². The van der Waals surface area contributed by atoms with E-state index < -0.39 is 0 Å². The van der Waals surface area contributed by atoms with Gasteiger partial charge in [-0.1, -0.05) is 19.1 Å². The van der Waals surface area contributed by atoms with Crippen LogP contribution in [-0.4, -0.2) is 27.5 Å². The fourth-order valence-corrected chi connectivity index (χ4v) is 3.68. The molecule has 1 aliphatic rings. The fraction of sp³-hybridized carbons (Fsp3) is 0.375. The number of hydrogen-bond donors (Lipinski definition) is 0. The van der Waals surface area contributed by atoms with Gasteiger partial charge >= 0.3 is 0 Å². The molecule has 2 aromatic rings. The molecular formula is C16H19N3OS. The second kappa shape index (κ2) is 5.93. The van der Waals surface area contributed by atoms with Crippen LogP contribution in [0.5, 0.6) is 0 Å². The molecule has 0 saturated carbocycles. The lowest BCUT2D eigenvalue weighted by Gasteiger charge is -2.25. The minimum absolute atomic E-state index is 0.0980. The van der Waals surface area contributed by atoms with E-state index in [9.17, 15) is 4.79 Å². The van der Waals surface area contributed by atoms with Crippen molar-refractivity contribution < 1.29 is 4.79 Å². The van der Waals surface area contributed by atoms with Crippen LogP contribution < -0.4 is 4.90 Å². The predicted molar refractivity (Wildman–Crippen MR) is 85.7 cm³/mol. The molecule has 2 unspecified atom stereocenters. The summed E-state index contributed by atoms with van der Waals surface area (Å²) in [5.74, 6) is 0.0980. The zero-order valence-electron chi connectivity index (χ0n) is 12.3. The first-order valence-corrected chi connectivity index (χ1v) is 8.11. The molecular weight excluding hydrogens is 282 g/mol. The van der Waals surface area contributed by atoms with Gasteiger partial charge in [-0.15, -0.1) is 11.8 Å². The van der Waals surface area contributed by atoms with Gasteiger partial charge in [0.2, 0.25) is 0 Å². The summed E-state index contributed by atoms with van der Waals surface area (Å²) in [7, 11) is 0. The molecule has 3 rings (SSSR count). The molecule has 21 heavy (non-hydrogen) atoms. The number of carbonyl (C=O) groups excluding carboxylic acids is 1. The summed E-state index contributed by atoms with van der Waals surface area (Å²) in [4.78, 5) is 16.0. The Labute approximate surface area is 129 Å². The van der Waals surface area contributed by atoms with E-state index in [1.807, 2.05) is 54.0 Å². The van der Waals surface area contributed by atoms with Crippen molar-refractivity contribution in [2.75, 3.05) is 11.4 Å². The van der Waals surface area contributed by atoms with E-state index in [2.05, 4.69) is 18.1 Å². The van der Waals surface area contributed by atoms with E-state index in [1.165, 1.54) is 4.90 Å². The number of nitrogens with zero attached hydrogens (tertiary/aromatic N) is 3. The van der Waals surface area contributed by atoms with Crippen LogP contribution in [0.3, 0.4) is 0 Å². The fourth-order valence-electron chi connectivity index (χ4n) is 2.56.